The molecule has 1 nitrogen and oxygen atoms in total. The van der Waals surface area contributed by atoms with Crippen molar-refractivity contribution in [2.24, 2.45) is 0 Å². The number of halogens is 2. The van der Waals surface area contributed by atoms with Crippen molar-refractivity contribution in [3.8, 4) is 0 Å². The Morgan fingerprint density at radius 2 is 2.23 bits per heavy atom. The van der Waals surface area contributed by atoms with Crippen molar-refractivity contribution in [1.29, 1.82) is 0 Å². The second kappa shape index (κ2) is 3.31. The van der Waals surface area contributed by atoms with Crippen LogP contribution in [0.15, 0.2) is 17.0 Å². The number of fused-ring (bicyclic) bond motifs is 1. The number of hydrogen-bond acceptors (Lipinski definition) is 2. The van der Waals surface area contributed by atoms with Crippen LogP contribution >= 0.6 is 23.4 Å². The van der Waals surface area contributed by atoms with Gasteiger partial charge in [-0.25, -0.2) is 4.39 Å². The monoisotopic (exact) mass is 216 g/mol. The molecule has 0 atom stereocenters. The van der Waals surface area contributed by atoms with Crippen LogP contribution in [0.4, 0.5) is 4.39 Å². The average Bonchev–Trinajstić information content (AvgIpc) is 2.07. The Morgan fingerprint density at radius 1 is 1.46 bits per heavy atom. The summed E-state index contributed by atoms with van der Waals surface area (Å²) in [6, 6.07) is 2.50. The van der Waals surface area contributed by atoms with Crippen molar-refractivity contribution in [2.45, 2.75) is 11.3 Å². The lowest BCUT2D eigenvalue weighted by atomic mass is 10.1. The van der Waals surface area contributed by atoms with Crippen molar-refractivity contribution in [1.82, 2.24) is 0 Å². The van der Waals surface area contributed by atoms with Crippen LogP contribution in [0.1, 0.15) is 16.8 Å². The predicted octanol–water partition coefficient (Wildman–Crippen LogP) is 3.16. The van der Waals surface area contributed by atoms with E-state index in [2.05, 4.69) is 0 Å². The van der Waals surface area contributed by atoms with Gasteiger partial charge in [-0.3, -0.25) is 4.79 Å². The van der Waals surface area contributed by atoms with E-state index < -0.39 is 5.82 Å². The first-order valence-corrected chi connectivity index (χ1v) is 5.20. The normalized spacial score (nSPS) is 15.7. The molecule has 0 bridgehead atoms. The number of hydrogen-bond donors (Lipinski definition) is 0. The van der Waals surface area contributed by atoms with Gasteiger partial charge in [-0.05, 0) is 12.1 Å². The second-order valence-electron chi connectivity index (χ2n) is 2.79. The van der Waals surface area contributed by atoms with Gasteiger partial charge in [0.1, 0.15) is 5.82 Å². The first-order chi connectivity index (χ1) is 6.18. The maximum atomic E-state index is 12.9. The summed E-state index contributed by atoms with van der Waals surface area (Å²) >= 11 is 7.31. The second-order valence-corrected chi connectivity index (χ2v) is 4.30. The van der Waals surface area contributed by atoms with Crippen molar-refractivity contribution >= 4 is 29.1 Å². The molecule has 0 amide bonds. The van der Waals surface area contributed by atoms with Crippen molar-refractivity contribution in [3.05, 3.63) is 28.5 Å². The zero-order chi connectivity index (χ0) is 9.42. The van der Waals surface area contributed by atoms with Crippen LogP contribution in [0.2, 0.25) is 5.02 Å². The van der Waals surface area contributed by atoms with Gasteiger partial charge in [0.2, 0.25) is 0 Å². The van der Waals surface area contributed by atoms with Gasteiger partial charge >= 0.3 is 0 Å². The van der Waals surface area contributed by atoms with E-state index in [9.17, 15) is 9.18 Å². The highest BCUT2D eigenvalue weighted by molar-refractivity contribution is 7.99. The van der Waals surface area contributed by atoms with Crippen LogP contribution < -0.4 is 0 Å². The van der Waals surface area contributed by atoms with Crippen molar-refractivity contribution < 1.29 is 9.18 Å². The van der Waals surface area contributed by atoms with E-state index in [4.69, 9.17) is 11.6 Å². The molecule has 4 heteroatoms. The molecule has 0 aliphatic carbocycles. The SMILES string of the molecule is O=C1CCSc2c(Cl)cc(F)cc21. The molecule has 0 saturated carbocycles. The Morgan fingerprint density at radius 3 is 3.00 bits per heavy atom. The van der Waals surface area contributed by atoms with Gasteiger partial charge in [0, 0.05) is 22.6 Å². The van der Waals surface area contributed by atoms with Crippen LogP contribution in [0, 0.1) is 5.82 Å². The number of thioether (sulfide) groups is 1. The Bertz CT molecular complexity index is 378. The molecule has 0 saturated heterocycles. The van der Waals surface area contributed by atoms with E-state index in [0.29, 0.717) is 17.0 Å². The summed E-state index contributed by atoms with van der Waals surface area (Å²) in [5.41, 5.74) is 0.432. The van der Waals surface area contributed by atoms with Crippen LogP contribution in [-0.4, -0.2) is 11.5 Å². The third kappa shape index (κ3) is 1.58. The van der Waals surface area contributed by atoms with Crippen molar-refractivity contribution in [3.63, 3.8) is 0 Å². The Balaban J connectivity index is 2.63. The van der Waals surface area contributed by atoms with E-state index in [1.54, 1.807) is 0 Å². The molecule has 1 aromatic carbocycles. The highest BCUT2D eigenvalue weighted by Crippen LogP contribution is 2.36. The lowest BCUT2D eigenvalue weighted by Crippen LogP contribution is -2.08. The molecular weight excluding hydrogens is 211 g/mol. The minimum absolute atomic E-state index is 0.0184. The van der Waals surface area contributed by atoms with Crippen LogP contribution in [0.5, 0.6) is 0 Å². The van der Waals surface area contributed by atoms with Gasteiger partial charge in [-0.1, -0.05) is 11.6 Å². The number of Topliss-reactive ketones (excluding diaryl/α,β-unsaturated/α-hetero) is 1. The quantitative estimate of drug-likeness (QED) is 0.663. The number of benzene rings is 1. The molecule has 0 N–H and O–H groups in total. The minimum Gasteiger partial charge on any atom is -0.294 e. The maximum Gasteiger partial charge on any atom is 0.164 e. The first kappa shape index (κ1) is 9.03. The highest BCUT2D eigenvalue weighted by atomic mass is 35.5. The zero-order valence-corrected chi connectivity index (χ0v) is 8.21. The molecule has 0 unspecified atom stereocenters. The molecule has 1 aromatic rings. The minimum atomic E-state index is -0.445. The summed E-state index contributed by atoms with van der Waals surface area (Å²) in [5, 5.41) is 0.341. The summed E-state index contributed by atoms with van der Waals surface area (Å²) in [6.45, 7) is 0. The van der Waals surface area contributed by atoms with Crippen LogP contribution in [0.25, 0.3) is 0 Å². The van der Waals surface area contributed by atoms with E-state index in [0.717, 1.165) is 10.6 Å². The predicted molar refractivity (Wildman–Crippen MR) is 51.1 cm³/mol. The molecule has 1 aliphatic rings. The van der Waals surface area contributed by atoms with Gasteiger partial charge in [-0.15, -0.1) is 11.8 Å². The van der Waals surface area contributed by atoms with E-state index in [1.807, 2.05) is 0 Å². The van der Waals surface area contributed by atoms with Gasteiger partial charge in [-0.2, -0.15) is 0 Å². The molecule has 68 valence electrons. The van der Waals surface area contributed by atoms with E-state index in [1.165, 1.54) is 23.9 Å². The third-order valence-corrected chi connectivity index (χ3v) is 3.43. The molecular formula is C9H6ClFOS. The smallest absolute Gasteiger partial charge is 0.164 e. The molecule has 13 heavy (non-hydrogen) atoms. The molecule has 2 rings (SSSR count). The maximum absolute atomic E-state index is 12.9. The van der Waals surface area contributed by atoms with E-state index >= 15 is 0 Å². The Hall–Kier alpha value is -0.540. The highest BCUT2D eigenvalue weighted by Gasteiger charge is 2.20. The topological polar surface area (TPSA) is 17.1 Å². The fourth-order valence-corrected chi connectivity index (χ4v) is 2.68. The Labute approximate surface area is 84.3 Å². The van der Waals surface area contributed by atoms with Gasteiger partial charge in [0.25, 0.3) is 0 Å². The van der Waals surface area contributed by atoms with Gasteiger partial charge < -0.3 is 0 Å². The summed E-state index contributed by atoms with van der Waals surface area (Å²) in [7, 11) is 0. The lowest BCUT2D eigenvalue weighted by molar-refractivity contribution is 0.0984. The molecule has 1 aliphatic heterocycles. The standard InChI is InChI=1S/C9H6ClFOS/c10-7-4-5(11)3-6-8(12)1-2-13-9(6)7/h3-4H,1-2H2. The first-order valence-electron chi connectivity index (χ1n) is 3.83. The number of ketones is 1. The fraction of sp³-hybridized carbons (Fsp3) is 0.222. The Kier molecular flexibility index (Phi) is 2.30. The lowest BCUT2D eigenvalue weighted by Gasteiger charge is -2.14. The van der Waals surface area contributed by atoms with Crippen LogP contribution in [-0.2, 0) is 0 Å². The summed E-state index contributed by atoms with van der Waals surface area (Å²) in [6.07, 6.45) is 0.470. The number of rotatable bonds is 0. The summed E-state index contributed by atoms with van der Waals surface area (Å²) < 4.78 is 12.9. The third-order valence-electron chi connectivity index (χ3n) is 1.88. The number of carbonyl (C=O) groups is 1. The molecule has 0 radical (unpaired) electrons. The molecule has 1 heterocycles. The molecule has 0 aromatic heterocycles. The van der Waals surface area contributed by atoms with Gasteiger partial charge in [0.15, 0.2) is 5.78 Å². The zero-order valence-electron chi connectivity index (χ0n) is 6.64. The molecule has 0 spiro atoms. The largest absolute Gasteiger partial charge is 0.294 e. The van der Waals surface area contributed by atoms with Gasteiger partial charge in [0.05, 0.1) is 5.02 Å². The summed E-state index contributed by atoms with van der Waals surface area (Å²) in [5.74, 6) is 0.270. The average molecular weight is 217 g/mol. The van der Waals surface area contributed by atoms with Crippen LogP contribution in [0.3, 0.4) is 0 Å². The van der Waals surface area contributed by atoms with E-state index in [-0.39, 0.29) is 5.78 Å². The van der Waals surface area contributed by atoms with Crippen molar-refractivity contribution in [2.75, 3.05) is 5.75 Å². The fourth-order valence-electron chi connectivity index (χ4n) is 1.29. The molecule has 0 fully saturated rings. The number of carbonyl (C=O) groups excluding carboxylic acids is 1. The summed E-state index contributed by atoms with van der Waals surface area (Å²) in [4.78, 5) is 12.1.